The van der Waals surface area contributed by atoms with Crippen LogP contribution in [-0.4, -0.2) is 81.1 Å². The Kier molecular flexibility index (Phi) is 5.34. The Morgan fingerprint density at radius 3 is 2.52 bits per heavy atom. The van der Waals surface area contributed by atoms with Gasteiger partial charge >= 0.3 is 0 Å². The van der Waals surface area contributed by atoms with Crippen LogP contribution < -0.4 is 4.90 Å². The Balaban J connectivity index is 1.73. The number of morpholine rings is 1. The van der Waals surface area contributed by atoms with Gasteiger partial charge in [-0.3, -0.25) is 0 Å². The molecule has 0 radical (unpaired) electrons. The fraction of sp³-hybridized carbons (Fsp3) is 0.706. The summed E-state index contributed by atoms with van der Waals surface area (Å²) in [6.07, 6.45) is 2.42. The molecule has 1 unspecified atom stereocenters. The summed E-state index contributed by atoms with van der Waals surface area (Å²) in [5.41, 5.74) is -0.176. The van der Waals surface area contributed by atoms with Crippen LogP contribution in [0.15, 0.2) is 23.2 Å². The molecule has 0 N–H and O–H groups in total. The van der Waals surface area contributed by atoms with Gasteiger partial charge in [-0.25, -0.2) is 13.4 Å². The van der Waals surface area contributed by atoms with E-state index in [-0.39, 0.29) is 10.5 Å². The van der Waals surface area contributed by atoms with Gasteiger partial charge in [-0.2, -0.15) is 4.31 Å². The van der Waals surface area contributed by atoms with Crippen LogP contribution in [0.25, 0.3) is 0 Å². The molecule has 2 saturated heterocycles. The molecule has 25 heavy (non-hydrogen) atoms. The molecule has 0 saturated carbocycles. The van der Waals surface area contributed by atoms with Gasteiger partial charge in [-0.1, -0.05) is 6.92 Å². The van der Waals surface area contributed by atoms with Crippen molar-refractivity contribution in [3.8, 4) is 0 Å². The molecule has 8 heteroatoms. The molecule has 2 aliphatic heterocycles. The summed E-state index contributed by atoms with van der Waals surface area (Å²) in [7, 11) is -1.45. The van der Waals surface area contributed by atoms with E-state index in [4.69, 9.17) is 4.74 Å². The molecule has 0 aromatic carbocycles. The number of piperazine rings is 1. The van der Waals surface area contributed by atoms with Gasteiger partial charge in [0.25, 0.3) is 0 Å². The van der Waals surface area contributed by atoms with E-state index in [0.717, 1.165) is 38.4 Å². The molecule has 7 nitrogen and oxygen atoms in total. The predicted molar refractivity (Wildman–Crippen MR) is 97.4 cm³/mol. The lowest BCUT2D eigenvalue weighted by atomic mass is 10.0. The summed E-state index contributed by atoms with van der Waals surface area (Å²) in [4.78, 5) is 9.00. The van der Waals surface area contributed by atoms with Crippen LogP contribution in [0, 0.1) is 0 Å². The highest BCUT2D eigenvalue weighted by molar-refractivity contribution is 7.89. The van der Waals surface area contributed by atoms with Gasteiger partial charge in [0.05, 0.1) is 12.2 Å². The van der Waals surface area contributed by atoms with Gasteiger partial charge in [-0.15, -0.1) is 0 Å². The largest absolute Gasteiger partial charge is 0.372 e. The van der Waals surface area contributed by atoms with E-state index in [9.17, 15) is 8.42 Å². The highest BCUT2D eigenvalue weighted by Crippen LogP contribution is 2.25. The Morgan fingerprint density at radius 2 is 1.92 bits per heavy atom. The minimum absolute atomic E-state index is 0.176. The molecule has 140 valence electrons. The third-order valence-electron chi connectivity index (χ3n) is 5.23. The van der Waals surface area contributed by atoms with Crippen LogP contribution in [0.4, 0.5) is 5.82 Å². The Bertz CT molecular complexity index is 686. The van der Waals surface area contributed by atoms with Crippen molar-refractivity contribution in [1.29, 1.82) is 0 Å². The van der Waals surface area contributed by atoms with Crippen molar-refractivity contribution < 1.29 is 13.2 Å². The van der Waals surface area contributed by atoms with E-state index in [1.165, 1.54) is 6.20 Å². The predicted octanol–water partition coefficient (Wildman–Crippen LogP) is 1.02. The normalized spacial score (nSPS) is 26.8. The molecule has 2 fully saturated rings. The Morgan fingerprint density at radius 1 is 1.20 bits per heavy atom. The van der Waals surface area contributed by atoms with Gasteiger partial charge in [-0.05, 0) is 32.5 Å². The molecular weight excluding hydrogens is 340 g/mol. The average molecular weight is 369 g/mol. The lowest BCUT2D eigenvalue weighted by molar-refractivity contribution is -0.0443. The number of sulfonamides is 1. The van der Waals surface area contributed by atoms with Crippen molar-refractivity contribution in [3.63, 3.8) is 0 Å². The number of rotatable bonds is 4. The molecule has 3 rings (SSSR count). The first-order valence-electron chi connectivity index (χ1n) is 8.88. The third-order valence-corrected chi connectivity index (χ3v) is 7.11. The summed E-state index contributed by atoms with van der Waals surface area (Å²) >= 11 is 0. The van der Waals surface area contributed by atoms with Crippen LogP contribution in [0.1, 0.15) is 20.3 Å². The average Bonchev–Trinajstić information content (AvgIpc) is 2.62. The molecule has 1 aromatic rings. The maximum absolute atomic E-state index is 12.8. The molecular formula is C17H28N4O3S. The van der Waals surface area contributed by atoms with Gasteiger partial charge in [0, 0.05) is 45.5 Å². The van der Waals surface area contributed by atoms with E-state index < -0.39 is 10.0 Å². The zero-order chi connectivity index (χ0) is 18.1. The summed E-state index contributed by atoms with van der Waals surface area (Å²) in [5, 5.41) is 0. The lowest BCUT2D eigenvalue weighted by Crippen LogP contribution is -2.50. The summed E-state index contributed by atoms with van der Waals surface area (Å²) in [5.74, 6) is 0.806. The fourth-order valence-electron chi connectivity index (χ4n) is 3.23. The molecule has 1 aromatic heterocycles. The highest BCUT2D eigenvalue weighted by Gasteiger charge is 2.32. The molecule has 2 aliphatic rings. The molecule has 0 bridgehead atoms. The molecule has 1 atom stereocenters. The number of nitrogens with zero attached hydrogens (tertiary/aromatic N) is 4. The second-order valence-corrected chi connectivity index (χ2v) is 9.07. The summed E-state index contributed by atoms with van der Waals surface area (Å²) in [6, 6.07) is 3.49. The highest BCUT2D eigenvalue weighted by atomic mass is 32.2. The van der Waals surface area contributed by atoms with Crippen LogP contribution in [0.3, 0.4) is 0 Å². The van der Waals surface area contributed by atoms with Gasteiger partial charge in [0.2, 0.25) is 10.0 Å². The zero-order valence-corrected chi connectivity index (χ0v) is 16.1. The van der Waals surface area contributed by atoms with E-state index in [0.29, 0.717) is 19.7 Å². The molecule has 0 spiro atoms. The third kappa shape index (κ3) is 3.97. The quantitative estimate of drug-likeness (QED) is 0.791. The maximum atomic E-state index is 12.8. The van der Waals surface area contributed by atoms with Gasteiger partial charge < -0.3 is 14.5 Å². The summed E-state index contributed by atoms with van der Waals surface area (Å²) in [6.45, 7) is 8.98. The van der Waals surface area contributed by atoms with E-state index >= 15 is 0 Å². The number of pyridine rings is 1. The van der Waals surface area contributed by atoms with E-state index in [1.54, 1.807) is 10.4 Å². The number of hydrogen-bond donors (Lipinski definition) is 0. The number of hydrogen-bond acceptors (Lipinski definition) is 6. The van der Waals surface area contributed by atoms with Crippen LogP contribution in [0.5, 0.6) is 0 Å². The first-order valence-corrected chi connectivity index (χ1v) is 10.3. The van der Waals surface area contributed by atoms with Gasteiger partial charge in [0.1, 0.15) is 10.7 Å². The number of ether oxygens (including phenoxy) is 1. The van der Waals surface area contributed by atoms with E-state index in [2.05, 4.69) is 28.6 Å². The minimum atomic E-state index is -3.46. The zero-order valence-electron chi connectivity index (χ0n) is 15.3. The standard InChI is InChI=1S/C17H28N4O3S/c1-4-17(2)14-20(11-12-24-17)16-6-5-15(13-18-16)25(22,23)21-9-7-19(3)8-10-21/h5-6,13H,4,7-12,14H2,1-3H3. The fourth-order valence-corrected chi connectivity index (χ4v) is 4.60. The Labute approximate surface area is 150 Å². The SMILES string of the molecule is CCC1(C)CN(c2ccc(S(=O)(=O)N3CCN(C)CC3)cn2)CCO1. The first-order chi connectivity index (χ1) is 11.8. The molecule has 0 aliphatic carbocycles. The lowest BCUT2D eigenvalue weighted by Gasteiger charge is -2.40. The second-order valence-electron chi connectivity index (χ2n) is 7.13. The summed E-state index contributed by atoms with van der Waals surface area (Å²) < 4.78 is 32.9. The number of likely N-dealkylation sites (N-methyl/N-ethyl adjacent to an activating group) is 1. The molecule has 0 amide bonds. The van der Waals surface area contributed by atoms with Crippen molar-refractivity contribution in [2.24, 2.45) is 0 Å². The monoisotopic (exact) mass is 368 g/mol. The second kappa shape index (κ2) is 7.19. The molecule has 3 heterocycles. The smallest absolute Gasteiger partial charge is 0.244 e. The van der Waals surface area contributed by atoms with E-state index in [1.807, 2.05) is 13.1 Å². The van der Waals surface area contributed by atoms with Crippen molar-refractivity contribution >= 4 is 15.8 Å². The van der Waals surface area contributed by atoms with Crippen molar-refractivity contribution in [3.05, 3.63) is 18.3 Å². The first kappa shape index (κ1) is 18.6. The number of aromatic nitrogens is 1. The maximum Gasteiger partial charge on any atom is 0.244 e. The van der Waals surface area contributed by atoms with Crippen molar-refractivity contribution in [2.45, 2.75) is 30.8 Å². The van der Waals surface area contributed by atoms with Crippen LogP contribution >= 0.6 is 0 Å². The Hall–Kier alpha value is -1.22. The number of anilines is 1. The minimum Gasteiger partial charge on any atom is -0.372 e. The van der Waals surface area contributed by atoms with Crippen LogP contribution in [-0.2, 0) is 14.8 Å². The topological polar surface area (TPSA) is 66.0 Å². The van der Waals surface area contributed by atoms with Crippen molar-refractivity contribution in [1.82, 2.24) is 14.2 Å². The van der Waals surface area contributed by atoms with Gasteiger partial charge in [0.15, 0.2) is 0 Å². The van der Waals surface area contributed by atoms with Crippen LogP contribution in [0.2, 0.25) is 0 Å². The van der Waals surface area contributed by atoms with Crippen molar-refractivity contribution in [2.75, 3.05) is 57.8 Å².